The first kappa shape index (κ1) is 25.0. The monoisotopic (exact) mass is 491 g/mol. The van der Waals surface area contributed by atoms with Crippen LogP contribution in [0, 0.1) is 12.7 Å². The van der Waals surface area contributed by atoms with Gasteiger partial charge < -0.3 is 24.3 Å². The van der Waals surface area contributed by atoms with Gasteiger partial charge in [-0.25, -0.2) is 23.1 Å². The zero-order valence-corrected chi connectivity index (χ0v) is 20.0. The highest BCUT2D eigenvalue weighted by molar-refractivity contribution is 5.92. The molecule has 0 aliphatic carbocycles. The van der Waals surface area contributed by atoms with E-state index in [9.17, 15) is 13.2 Å². The third-order valence-corrected chi connectivity index (χ3v) is 5.72. The number of hydrogen-bond donors (Lipinski definition) is 1. The summed E-state index contributed by atoms with van der Waals surface area (Å²) in [4.78, 5) is 8.94. The number of ether oxygens (including phenoxy) is 4. The van der Waals surface area contributed by atoms with Gasteiger partial charge in [0.05, 0.1) is 44.1 Å². The van der Waals surface area contributed by atoms with E-state index in [0.717, 1.165) is 6.07 Å². The Morgan fingerprint density at radius 2 is 1.94 bits per heavy atom. The standard InChI is InChI=1S/C25H28F3N3O4/c1-14(17-6-5-7-19(23(17)26)25(3,27)28)29-24-18-10-22(35-9-8-34-16-12-33-13-16)21(32-4)11-20(18)30-15(2)31-24/h5-7,10-11,14,16H,8-9,12-13H2,1-4H3,(H,29,30,31)/t14-/m1/s1. The number of rotatable bonds is 10. The van der Waals surface area contributed by atoms with Crippen molar-refractivity contribution in [1.82, 2.24) is 9.97 Å². The topological polar surface area (TPSA) is 74.7 Å². The van der Waals surface area contributed by atoms with Crippen LogP contribution in [0.4, 0.5) is 19.0 Å². The number of nitrogens with one attached hydrogen (secondary N) is 1. The van der Waals surface area contributed by atoms with Gasteiger partial charge in [-0.1, -0.05) is 18.2 Å². The van der Waals surface area contributed by atoms with Crippen LogP contribution in [0.3, 0.4) is 0 Å². The number of aromatic nitrogens is 2. The predicted octanol–water partition coefficient (Wildman–Crippen LogP) is 5.16. The SMILES string of the molecule is COc1cc2nc(C)nc(N[C@H](C)c3cccc(C(C)(F)F)c3F)c2cc1OCCOC1COC1. The van der Waals surface area contributed by atoms with E-state index in [0.29, 0.717) is 67.4 Å². The minimum atomic E-state index is -3.30. The van der Waals surface area contributed by atoms with Crippen molar-refractivity contribution >= 4 is 16.7 Å². The number of methoxy groups -OCH3 is 1. The smallest absolute Gasteiger partial charge is 0.273 e. The van der Waals surface area contributed by atoms with Crippen LogP contribution in [0.15, 0.2) is 30.3 Å². The Morgan fingerprint density at radius 1 is 1.17 bits per heavy atom. The highest BCUT2D eigenvalue weighted by Gasteiger charge is 2.30. The first-order chi connectivity index (χ1) is 16.7. The maximum absolute atomic E-state index is 14.9. The molecule has 4 rings (SSSR count). The zero-order chi connectivity index (χ0) is 25.2. The van der Waals surface area contributed by atoms with Crippen molar-refractivity contribution in [3.8, 4) is 11.5 Å². The molecule has 10 heteroatoms. The van der Waals surface area contributed by atoms with E-state index in [1.807, 2.05) is 0 Å². The fraction of sp³-hybridized carbons (Fsp3) is 0.440. The number of benzene rings is 2. The molecule has 1 aliphatic heterocycles. The van der Waals surface area contributed by atoms with Crippen molar-refractivity contribution in [2.24, 2.45) is 0 Å². The minimum absolute atomic E-state index is 0.0947. The summed E-state index contributed by atoms with van der Waals surface area (Å²) < 4.78 is 64.7. The van der Waals surface area contributed by atoms with E-state index in [1.165, 1.54) is 19.2 Å². The van der Waals surface area contributed by atoms with Crippen molar-refractivity contribution in [2.75, 3.05) is 38.9 Å². The van der Waals surface area contributed by atoms with Gasteiger partial charge in [-0.3, -0.25) is 0 Å². The second-order valence-corrected chi connectivity index (χ2v) is 8.48. The average molecular weight is 492 g/mol. The molecule has 0 radical (unpaired) electrons. The molecule has 1 aromatic heterocycles. The summed E-state index contributed by atoms with van der Waals surface area (Å²) in [6.45, 7) is 5.95. The normalized spacial score (nSPS) is 15.1. The molecule has 0 amide bonds. The molecule has 0 bridgehead atoms. The second kappa shape index (κ2) is 10.2. The molecule has 3 aromatic rings. The summed E-state index contributed by atoms with van der Waals surface area (Å²) in [6.07, 6.45) is 0.0947. The van der Waals surface area contributed by atoms with E-state index in [1.54, 1.807) is 26.0 Å². The van der Waals surface area contributed by atoms with Crippen LogP contribution in [-0.2, 0) is 15.4 Å². The van der Waals surface area contributed by atoms with Gasteiger partial charge in [-0.15, -0.1) is 0 Å². The van der Waals surface area contributed by atoms with Crippen LogP contribution in [0.5, 0.6) is 11.5 Å². The minimum Gasteiger partial charge on any atom is -0.493 e. The van der Waals surface area contributed by atoms with E-state index < -0.39 is 23.3 Å². The molecule has 35 heavy (non-hydrogen) atoms. The van der Waals surface area contributed by atoms with Gasteiger partial charge in [0, 0.05) is 23.9 Å². The number of halogens is 3. The highest BCUT2D eigenvalue weighted by Crippen LogP contribution is 2.37. The summed E-state index contributed by atoms with van der Waals surface area (Å²) in [7, 11) is 1.53. The molecule has 0 saturated carbocycles. The lowest BCUT2D eigenvalue weighted by Gasteiger charge is -2.26. The molecule has 1 fully saturated rings. The zero-order valence-electron chi connectivity index (χ0n) is 20.0. The van der Waals surface area contributed by atoms with Crippen LogP contribution >= 0.6 is 0 Å². The van der Waals surface area contributed by atoms with Gasteiger partial charge in [-0.2, -0.15) is 0 Å². The third-order valence-electron chi connectivity index (χ3n) is 5.72. The van der Waals surface area contributed by atoms with E-state index in [-0.39, 0.29) is 11.7 Å². The molecular formula is C25H28F3N3O4. The Hall–Kier alpha value is -3.11. The largest absolute Gasteiger partial charge is 0.493 e. The lowest BCUT2D eigenvalue weighted by atomic mass is 10.0. The van der Waals surface area contributed by atoms with Crippen LogP contribution in [-0.4, -0.2) is 49.6 Å². The summed E-state index contributed by atoms with van der Waals surface area (Å²) in [5.41, 5.74) is 0.0487. The summed E-state index contributed by atoms with van der Waals surface area (Å²) in [5, 5.41) is 3.77. The van der Waals surface area contributed by atoms with Crippen molar-refractivity contribution in [2.45, 2.75) is 38.8 Å². The molecule has 1 saturated heterocycles. The van der Waals surface area contributed by atoms with Gasteiger partial charge in [0.25, 0.3) is 5.92 Å². The van der Waals surface area contributed by atoms with Crippen molar-refractivity contribution < 1.29 is 32.1 Å². The Morgan fingerprint density at radius 3 is 2.60 bits per heavy atom. The number of hydrogen-bond acceptors (Lipinski definition) is 7. The number of fused-ring (bicyclic) bond motifs is 1. The summed E-state index contributed by atoms with van der Waals surface area (Å²) >= 11 is 0. The van der Waals surface area contributed by atoms with Crippen molar-refractivity contribution in [1.29, 1.82) is 0 Å². The second-order valence-electron chi connectivity index (χ2n) is 8.48. The molecule has 188 valence electrons. The fourth-order valence-electron chi connectivity index (χ4n) is 3.82. The number of anilines is 1. The van der Waals surface area contributed by atoms with Crippen molar-refractivity contribution in [3.63, 3.8) is 0 Å². The lowest BCUT2D eigenvalue weighted by molar-refractivity contribution is -0.132. The van der Waals surface area contributed by atoms with Gasteiger partial charge in [0.2, 0.25) is 0 Å². The van der Waals surface area contributed by atoms with Crippen LogP contribution < -0.4 is 14.8 Å². The van der Waals surface area contributed by atoms with Crippen LogP contribution in [0.25, 0.3) is 10.9 Å². The Labute approximate surface area is 201 Å². The van der Waals surface area contributed by atoms with Crippen molar-refractivity contribution in [3.05, 3.63) is 53.1 Å². The highest BCUT2D eigenvalue weighted by atomic mass is 19.3. The van der Waals surface area contributed by atoms with Crippen LogP contribution in [0.1, 0.15) is 36.8 Å². The number of alkyl halides is 2. The molecule has 2 aromatic carbocycles. The number of nitrogens with zero attached hydrogens (tertiary/aromatic N) is 2. The van der Waals surface area contributed by atoms with Gasteiger partial charge in [-0.05, 0) is 19.9 Å². The van der Waals surface area contributed by atoms with Gasteiger partial charge >= 0.3 is 0 Å². The molecule has 2 heterocycles. The maximum atomic E-state index is 14.9. The Bertz CT molecular complexity index is 1200. The predicted molar refractivity (Wildman–Crippen MR) is 125 cm³/mol. The lowest BCUT2D eigenvalue weighted by Crippen LogP contribution is -2.37. The quantitative estimate of drug-likeness (QED) is 0.393. The molecule has 7 nitrogen and oxygen atoms in total. The summed E-state index contributed by atoms with van der Waals surface area (Å²) in [5.74, 6) is -2.38. The Kier molecular flexibility index (Phi) is 7.32. The fourth-order valence-corrected chi connectivity index (χ4v) is 3.82. The molecule has 1 aliphatic rings. The summed E-state index contributed by atoms with van der Waals surface area (Å²) in [6, 6.07) is 6.80. The molecule has 1 N–H and O–H groups in total. The number of aryl methyl sites for hydroxylation is 1. The van der Waals surface area contributed by atoms with E-state index in [4.69, 9.17) is 18.9 Å². The van der Waals surface area contributed by atoms with E-state index >= 15 is 0 Å². The first-order valence-corrected chi connectivity index (χ1v) is 11.3. The van der Waals surface area contributed by atoms with Crippen LogP contribution in [0.2, 0.25) is 0 Å². The van der Waals surface area contributed by atoms with Gasteiger partial charge in [0.15, 0.2) is 11.5 Å². The van der Waals surface area contributed by atoms with Gasteiger partial charge in [0.1, 0.15) is 30.2 Å². The average Bonchev–Trinajstić information content (AvgIpc) is 2.76. The first-order valence-electron chi connectivity index (χ1n) is 11.3. The Balaban J connectivity index is 1.61. The third kappa shape index (κ3) is 5.59. The molecule has 1 atom stereocenters. The molecule has 0 unspecified atom stereocenters. The molecule has 0 spiro atoms. The maximum Gasteiger partial charge on any atom is 0.273 e. The van der Waals surface area contributed by atoms with E-state index in [2.05, 4.69) is 15.3 Å². The molecular weight excluding hydrogens is 463 g/mol.